The zero-order valence-corrected chi connectivity index (χ0v) is 14.7. The third kappa shape index (κ3) is 4.05. The zero-order valence-electron chi connectivity index (χ0n) is 14.7. The molecule has 7 heteroatoms. The van der Waals surface area contributed by atoms with Crippen LogP contribution < -0.4 is 25.4 Å². The van der Waals surface area contributed by atoms with Gasteiger partial charge < -0.3 is 25.4 Å². The van der Waals surface area contributed by atoms with Gasteiger partial charge in [-0.25, -0.2) is 0 Å². The van der Waals surface area contributed by atoms with Gasteiger partial charge in [0.2, 0.25) is 5.91 Å². The quantitative estimate of drug-likeness (QED) is 0.766. The molecule has 0 saturated carbocycles. The first-order chi connectivity index (χ1) is 12.6. The lowest BCUT2D eigenvalue weighted by Crippen LogP contribution is -2.32. The second-order valence-electron chi connectivity index (χ2n) is 5.87. The van der Waals surface area contributed by atoms with Gasteiger partial charge in [-0.1, -0.05) is 6.07 Å². The first-order valence-corrected chi connectivity index (χ1v) is 8.36. The van der Waals surface area contributed by atoms with Crippen LogP contribution in [0.5, 0.6) is 11.5 Å². The number of ether oxygens (including phenoxy) is 2. The number of carbonyl (C=O) groups excluding carboxylic acids is 2. The van der Waals surface area contributed by atoms with Gasteiger partial charge in [0.15, 0.2) is 11.5 Å². The molecule has 1 atom stereocenters. The zero-order chi connectivity index (χ0) is 18.5. The van der Waals surface area contributed by atoms with Gasteiger partial charge in [-0.2, -0.15) is 0 Å². The summed E-state index contributed by atoms with van der Waals surface area (Å²) in [5, 5.41) is 8.51. The van der Waals surface area contributed by atoms with Crippen molar-refractivity contribution in [3.05, 3.63) is 48.0 Å². The fraction of sp³-hybridized carbons (Fsp3) is 0.263. The number of nitrogens with one attached hydrogen (secondary N) is 3. The van der Waals surface area contributed by atoms with Crippen molar-refractivity contribution in [2.24, 2.45) is 0 Å². The number of hydrogen-bond acceptors (Lipinski definition) is 5. The lowest BCUT2D eigenvalue weighted by atomic mass is 10.1. The van der Waals surface area contributed by atoms with Gasteiger partial charge in [-0.3, -0.25) is 9.59 Å². The van der Waals surface area contributed by atoms with Crippen molar-refractivity contribution in [3.63, 3.8) is 0 Å². The van der Waals surface area contributed by atoms with Gasteiger partial charge in [0.1, 0.15) is 19.3 Å². The maximum Gasteiger partial charge on any atom is 0.251 e. The van der Waals surface area contributed by atoms with E-state index in [1.807, 2.05) is 0 Å². The average Bonchev–Trinajstić information content (AvgIpc) is 2.67. The number of anilines is 2. The Kier molecular flexibility index (Phi) is 5.26. The summed E-state index contributed by atoms with van der Waals surface area (Å²) in [6.07, 6.45) is 0. The Morgan fingerprint density at radius 3 is 2.54 bits per heavy atom. The summed E-state index contributed by atoms with van der Waals surface area (Å²) < 4.78 is 11.0. The lowest BCUT2D eigenvalue weighted by Gasteiger charge is -2.20. The fourth-order valence-corrected chi connectivity index (χ4v) is 2.58. The molecule has 7 nitrogen and oxygen atoms in total. The highest BCUT2D eigenvalue weighted by atomic mass is 16.6. The number of benzene rings is 2. The van der Waals surface area contributed by atoms with Crippen molar-refractivity contribution in [1.82, 2.24) is 5.32 Å². The summed E-state index contributed by atoms with van der Waals surface area (Å²) in [4.78, 5) is 24.1. The van der Waals surface area contributed by atoms with Gasteiger partial charge in [-0.15, -0.1) is 0 Å². The summed E-state index contributed by atoms with van der Waals surface area (Å²) in [6, 6.07) is 11.8. The predicted octanol–water partition coefficient (Wildman–Crippen LogP) is 2.26. The van der Waals surface area contributed by atoms with E-state index in [1.165, 1.54) is 0 Å². The summed E-state index contributed by atoms with van der Waals surface area (Å²) in [5.41, 5.74) is 1.85. The van der Waals surface area contributed by atoms with E-state index in [4.69, 9.17) is 9.47 Å². The van der Waals surface area contributed by atoms with E-state index in [0.29, 0.717) is 41.7 Å². The minimum atomic E-state index is -0.497. The van der Waals surface area contributed by atoms with Crippen molar-refractivity contribution < 1.29 is 19.1 Å². The van der Waals surface area contributed by atoms with Crippen LogP contribution in [0.15, 0.2) is 42.5 Å². The highest BCUT2D eigenvalue weighted by Gasteiger charge is 2.16. The molecule has 0 aromatic heterocycles. The summed E-state index contributed by atoms with van der Waals surface area (Å²) >= 11 is 0. The predicted molar refractivity (Wildman–Crippen MR) is 99.0 cm³/mol. The number of rotatable bonds is 5. The molecule has 0 fully saturated rings. The third-order valence-corrected chi connectivity index (χ3v) is 3.94. The highest BCUT2D eigenvalue weighted by molar-refractivity contribution is 5.97. The topological polar surface area (TPSA) is 88.7 Å². The van der Waals surface area contributed by atoms with Crippen molar-refractivity contribution in [1.29, 1.82) is 0 Å². The van der Waals surface area contributed by atoms with Crippen molar-refractivity contribution in [2.45, 2.75) is 13.0 Å². The molecule has 0 saturated heterocycles. The molecular formula is C19H21N3O4. The van der Waals surface area contributed by atoms with Crippen LogP contribution in [0.25, 0.3) is 0 Å². The Hall–Kier alpha value is -3.22. The summed E-state index contributed by atoms with van der Waals surface area (Å²) in [6.45, 7) is 2.76. The van der Waals surface area contributed by atoms with E-state index in [2.05, 4.69) is 16.0 Å². The highest BCUT2D eigenvalue weighted by Crippen LogP contribution is 2.32. The Balaban J connectivity index is 1.64. The molecule has 0 unspecified atom stereocenters. The van der Waals surface area contributed by atoms with Gasteiger partial charge >= 0.3 is 0 Å². The molecule has 136 valence electrons. The normalized spacial score (nSPS) is 13.5. The molecule has 0 bridgehead atoms. The van der Waals surface area contributed by atoms with E-state index in [1.54, 1.807) is 56.4 Å². The number of amides is 2. The Labute approximate surface area is 151 Å². The van der Waals surface area contributed by atoms with Crippen LogP contribution in [0.1, 0.15) is 17.3 Å². The standard InChI is InChI=1S/C19H21N3O4/c1-12(21-14-5-3-4-13(10-14)19(24)20-2)18(23)22-15-6-7-16-17(11-15)26-9-8-25-16/h3-7,10-12,21H,8-9H2,1-2H3,(H,20,24)(H,22,23)/t12-/m1/s1. The SMILES string of the molecule is CNC(=O)c1cccc(N[C@H](C)C(=O)Nc2ccc3c(c2)OCCO3)c1. The molecule has 1 heterocycles. The fourth-order valence-electron chi connectivity index (χ4n) is 2.58. The van der Waals surface area contributed by atoms with E-state index >= 15 is 0 Å². The lowest BCUT2D eigenvalue weighted by molar-refractivity contribution is -0.116. The van der Waals surface area contributed by atoms with Crippen LogP contribution >= 0.6 is 0 Å². The van der Waals surface area contributed by atoms with Gasteiger partial charge in [-0.05, 0) is 37.3 Å². The maximum atomic E-state index is 12.4. The summed E-state index contributed by atoms with van der Waals surface area (Å²) in [5.74, 6) is 0.911. The number of hydrogen-bond donors (Lipinski definition) is 3. The number of fused-ring (bicyclic) bond motifs is 1. The number of carbonyl (C=O) groups is 2. The van der Waals surface area contributed by atoms with Crippen molar-refractivity contribution >= 4 is 23.2 Å². The molecule has 0 spiro atoms. The molecule has 0 aliphatic carbocycles. The van der Waals surface area contributed by atoms with Crippen LogP contribution in [0.3, 0.4) is 0 Å². The maximum absolute atomic E-state index is 12.4. The second-order valence-corrected chi connectivity index (χ2v) is 5.87. The van der Waals surface area contributed by atoms with E-state index < -0.39 is 6.04 Å². The molecular weight excluding hydrogens is 334 g/mol. The largest absolute Gasteiger partial charge is 0.486 e. The third-order valence-electron chi connectivity index (χ3n) is 3.94. The van der Waals surface area contributed by atoms with Gasteiger partial charge in [0.25, 0.3) is 5.91 Å². The molecule has 1 aliphatic heterocycles. The smallest absolute Gasteiger partial charge is 0.251 e. The molecule has 3 N–H and O–H groups in total. The molecule has 2 aromatic rings. The first kappa shape index (κ1) is 17.6. The molecule has 1 aliphatic rings. The Morgan fingerprint density at radius 2 is 1.77 bits per heavy atom. The molecule has 26 heavy (non-hydrogen) atoms. The Bertz CT molecular complexity index is 822. The van der Waals surface area contributed by atoms with Crippen LogP contribution in [-0.4, -0.2) is 38.1 Å². The average molecular weight is 355 g/mol. The van der Waals surface area contributed by atoms with E-state index in [0.717, 1.165) is 0 Å². The molecule has 3 rings (SSSR count). The van der Waals surface area contributed by atoms with Crippen LogP contribution in [-0.2, 0) is 4.79 Å². The minimum absolute atomic E-state index is 0.179. The second kappa shape index (κ2) is 7.77. The van der Waals surface area contributed by atoms with Crippen LogP contribution in [0.4, 0.5) is 11.4 Å². The monoisotopic (exact) mass is 355 g/mol. The summed E-state index contributed by atoms with van der Waals surface area (Å²) in [7, 11) is 1.58. The first-order valence-electron chi connectivity index (χ1n) is 8.36. The minimum Gasteiger partial charge on any atom is -0.486 e. The molecule has 2 amide bonds. The van der Waals surface area contributed by atoms with Crippen LogP contribution in [0, 0.1) is 0 Å². The van der Waals surface area contributed by atoms with Crippen molar-refractivity contribution in [2.75, 3.05) is 30.9 Å². The van der Waals surface area contributed by atoms with Gasteiger partial charge in [0, 0.05) is 30.1 Å². The molecule has 0 radical (unpaired) electrons. The Morgan fingerprint density at radius 1 is 1.00 bits per heavy atom. The van der Waals surface area contributed by atoms with E-state index in [9.17, 15) is 9.59 Å². The molecule has 2 aromatic carbocycles. The van der Waals surface area contributed by atoms with E-state index in [-0.39, 0.29) is 11.8 Å². The van der Waals surface area contributed by atoms with Gasteiger partial charge in [0.05, 0.1) is 0 Å². The van der Waals surface area contributed by atoms with Crippen molar-refractivity contribution in [3.8, 4) is 11.5 Å². The van der Waals surface area contributed by atoms with Crippen LogP contribution in [0.2, 0.25) is 0 Å².